The number of benzene rings is 1. The van der Waals surface area contributed by atoms with Gasteiger partial charge in [0, 0.05) is 24.8 Å². The van der Waals surface area contributed by atoms with Crippen molar-refractivity contribution in [2.45, 2.75) is 51.6 Å². The van der Waals surface area contributed by atoms with Gasteiger partial charge in [-0.1, -0.05) is 18.9 Å². The molecule has 1 aromatic carbocycles. The second kappa shape index (κ2) is 4.93. The number of hydrogen-bond donors (Lipinski definition) is 1. The fourth-order valence-electron chi connectivity index (χ4n) is 3.81. The van der Waals surface area contributed by atoms with Gasteiger partial charge in [0.15, 0.2) is 0 Å². The summed E-state index contributed by atoms with van der Waals surface area (Å²) in [6, 6.07) is 7.62. The Labute approximate surface area is 110 Å². The topological polar surface area (TPSA) is 29.3 Å². The van der Waals surface area contributed by atoms with Gasteiger partial charge in [-0.2, -0.15) is 0 Å². The first-order valence-corrected chi connectivity index (χ1v) is 7.36. The minimum atomic E-state index is 0.651. The highest BCUT2D eigenvalue weighted by molar-refractivity contribution is 5.52. The molecule has 18 heavy (non-hydrogen) atoms. The highest BCUT2D eigenvalue weighted by Gasteiger charge is 2.35. The van der Waals surface area contributed by atoms with Crippen LogP contribution in [-0.2, 0) is 6.54 Å². The van der Waals surface area contributed by atoms with Crippen molar-refractivity contribution in [1.29, 1.82) is 0 Å². The van der Waals surface area contributed by atoms with Crippen molar-refractivity contribution < 1.29 is 0 Å². The largest absolute Gasteiger partial charge is 0.368 e. The molecular weight excluding hydrogens is 220 g/mol. The zero-order valence-corrected chi connectivity index (χ0v) is 11.4. The third-order valence-corrected chi connectivity index (χ3v) is 4.89. The van der Waals surface area contributed by atoms with Crippen molar-refractivity contribution in [2.24, 2.45) is 11.7 Å². The smallest absolute Gasteiger partial charge is 0.0371 e. The van der Waals surface area contributed by atoms with Crippen molar-refractivity contribution in [3.05, 3.63) is 29.3 Å². The molecule has 0 radical (unpaired) electrons. The summed E-state index contributed by atoms with van der Waals surface area (Å²) in [4.78, 5) is 2.65. The Morgan fingerprint density at radius 3 is 2.83 bits per heavy atom. The van der Waals surface area contributed by atoms with E-state index in [0.29, 0.717) is 6.54 Å². The number of nitrogens with zero attached hydrogens (tertiary/aromatic N) is 1. The van der Waals surface area contributed by atoms with Gasteiger partial charge >= 0.3 is 0 Å². The second-order valence-electron chi connectivity index (χ2n) is 5.91. The molecule has 3 rings (SSSR count). The number of aryl methyl sites for hydroxylation is 1. The van der Waals surface area contributed by atoms with Gasteiger partial charge in [0.05, 0.1) is 0 Å². The third-order valence-electron chi connectivity index (χ3n) is 4.89. The molecule has 2 heteroatoms. The number of hydrogen-bond acceptors (Lipinski definition) is 2. The molecule has 2 aliphatic rings. The lowest BCUT2D eigenvalue weighted by Gasteiger charge is -2.33. The van der Waals surface area contributed by atoms with E-state index in [1.54, 1.807) is 0 Å². The molecule has 2 fully saturated rings. The Kier molecular flexibility index (Phi) is 3.29. The van der Waals surface area contributed by atoms with Gasteiger partial charge in [0.25, 0.3) is 0 Å². The average molecular weight is 244 g/mol. The van der Waals surface area contributed by atoms with Crippen LogP contribution in [0.4, 0.5) is 5.69 Å². The van der Waals surface area contributed by atoms with E-state index in [1.807, 2.05) is 0 Å². The molecule has 1 saturated carbocycles. The van der Waals surface area contributed by atoms with Gasteiger partial charge < -0.3 is 10.6 Å². The minimum Gasteiger partial charge on any atom is -0.368 e. The molecule has 1 aromatic rings. The maximum absolute atomic E-state index is 5.75. The minimum absolute atomic E-state index is 0.651. The molecule has 98 valence electrons. The molecule has 2 nitrogen and oxygen atoms in total. The van der Waals surface area contributed by atoms with Crippen LogP contribution in [-0.4, -0.2) is 12.6 Å². The normalized spacial score (nSPS) is 27.3. The van der Waals surface area contributed by atoms with Crippen molar-refractivity contribution in [3.63, 3.8) is 0 Å². The van der Waals surface area contributed by atoms with Crippen molar-refractivity contribution in [1.82, 2.24) is 0 Å². The van der Waals surface area contributed by atoms with E-state index in [9.17, 15) is 0 Å². The van der Waals surface area contributed by atoms with E-state index >= 15 is 0 Å². The maximum atomic E-state index is 5.75. The summed E-state index contributed by atoms with van der Waals surface area (Å²) >= 11 is 0. The van der Waals surface area contributed by atoms with E-state index in [-0.39, 0.29) is 0 Å². The molecule has 1 aliphatic heterocycles. The molecular formula is C16H24N2. The van der Waals surface area contributed by atoms with E-state index in [2.05, 4.69) is 30.0 Å². The molecule has 1 aliphatic carbocycles. The maximum Gasteiger partial charge on any atom is 0.0371 e. The van der Waals surface area contributed by atoms with Crippen LogP contribution >= 0.6 is 0 Å². The van der Waals surface area contributed by atoms with Crippen molar-refractivity contribution >= 4 is 5.69 Å². The lowest BCUT2D eigenvalue weighted by atomic mass is 9.85. The summed E-state index contributed by atoms with van der Waals surface area (Å²) in [5, 5.41) is 0. The molecule has 2 unspecified atom stereocenters. The summed E-state index contributed by atoms with van der Waals surface area (Å²) in [6.45, 7) is 4.08. The predicted octanol–water partition coefficient (Wildman–Crippen LogP) is 3.22. The fraction of sp³-hybridized carbons (Fsp3) is 0.625. The summed E-state index contributed by atoms with van der Waals surface area (Å²) in [7, 11) is 0. The second-order valence-corrected chi connectivity index (χ2v) is 5.91. The first-order chi connectivity index (χ1) is 8.79. The monoisotopic (exact) mass is 244 g/mol. The van der Waals surface area contributed by atoms with Crippen molar-refractivity contribution in [3.8, 4) is 0 Å². The lowest BCUT2D eigenvalue weighted by molar-refractivity contribution is 0.342. The van der Waals surface area contributed by atoms with Crippen LogP contribution in [0.15, 0.2) is 18.2 Å². The first kappa shape index (κ1) is 12.0. The Morgan fingerprint density at radius 2 is 2.06 bits per heavy atom. The van der Waals surface area contributed by atoms with Crippen LogP contribution in [0.2, 0.25) is 0 Å². The molecule has 0 spiro atoms. The average Bonchev–Trinajstić information content (AvgIpc) is 2.82. The summed E-state index contributed by atoms with van der Waals surface area (Å²) < 4.78 is 0. The van der Waals surface area contributed by atoms with Gasteiger partial charge in [0.1, 0.15) is 0 Å². The van der Waals surface area contributed by atoms with E-state index in [4.69, 9.17) is 5.73 Å². The van der Waals surface area contributed by atoms with E-state index in [0.717, 1.165) is 12.0 Å². The van der Waals surface area contributed by atoms with Gasteiger partial charge in [-0.25, -0.2) is 0 Å². The molecule has 1 heterocycles. The highest BCUT2D eigenvalue weighted by Crippen LogP contribution is 2.39. The Bertz CT molecular complexity index is 427. The van der Waals surface area contributed by atoms with Crippen LogP contribution in [0.5, 0.6) is 0 Å². The number of rotatable bonds is 2. The first-order valence-electron chi connectivity index (χ1n) is 7.36. The van der Waals surface area contributed by atoms with Gasteiger partial charge in [-0.3, -0.25) is 0 Å². The van der Waals surface area contributed by atoms with Crippen LogP contribution < -0.4 is 10.6 Å². The van der Waals surface area contributed by atoms with Gasteiger partial charge in [-0.15, -0.1) is 0 Å². The summed E-state index contributed by atoms with van der Waals surface area (Å²) in [5.74, 6) is 0.952. The van der Waals surface area contributed by atoms with Crippen LogP contribution in [0.1, 0.15) is 43.2 Å². The Balaban J connectivity index is 1.84. The molecule has 0 amide bonds. The number of nitrogens with two attached hydrogens (primary N) is 1. The van der Waals surface area contributed by atoms with Gasteiger partial charge in [-0.05, 0) is 55.4 Å². The van der Waals surface area contributed by atoms with E-state index < -0.39 is 0 Å². The zero-order valence-electron chi connectivity index (χ0n) is 11.4. The third kappa shape index (κ3) is 2.03. The zero-order chi connectivity index (χ0) is 12.5. The standard InChI is InChI=1S/C16H24N2/c1-12-10-15(7-6-14(12)11-17)18-9-8-13-4-2-3-5-16(13)18/h6-7,10,13,16H,2-5,8-9,11,17H2,1H3. The van der Waals surface area contributed by atoms with Gasteiger partial charge in [0.2, 0.25) is 0 Å². The van der Waals surface area contributed by atoms with Crippen LogP contribution in [0.25, 0.3) is 0 Å². The molecule has 2 N–H and O–H groups in total. The van der Waals surface area contributed by atoms with Crippen LogP contribution in [0, 0.1) is 12.8 Å². The number of fused-ring (bicyclic) bond motifs is 1. The Hall–Kier alpha value is -1.02. The molecule has 0 aromatic heterocycles. The predicted molar refractivity (Wildman–Crippen MR) is 76.8 cm³/mol. The Morgan fingerprint density at radius 1 is 1.22 bits per heavy atom. The number of anilines is 1. The van der Waals surface area contributed by atoms with Crippen molar-refractivity contribution in [2.75, 3.05) is 11.4 Å². The highest BCUT2D eigenvalue weighted by atomic mass is 15.2. The summed E-state index contributed by atoms with van der Waals surface area (Å²) in [6.07, 6.45) is 7.09. The lowest BCUT2D eigenvalue weighted by Crippen LogP contribution is -2.34. The quantitative estimate of drug-likeness (QED) is 0.865. The van der Waals surface area contributed by atoms with Crippen LogP contribution in [0.3, 0.4) is 0 Å². The fourth-order valence-corrected chi connectivity index (χ4v) is 3.81. The molecule has 1 saturated heterocycles. The van der Waals surface area contributed by atoms with E-state index in [1.165, 1.54) is 55.5 Å². The summed E-state index contributed by atoms with van der Waals surface area (Å²) in [5.41, 5.74) is 9.78. The molecule has 0 bridgehead atoms. The molecule has 2 atom stereocenters. The SMILES string of the molecule is Cc1cc(N2CCC3CCCCC32)ccc1CN.